The van der Waals surface area contributed by atoms with Crippen LogP contribution in [0.4, 0.5) is 0 Å². The van der Waals surface area contributed by atoms with E-state index >= 15 is 0 Å². The first-order chi connectivity index (χ1) is 15.0. The van der Waals surface area contributed by atoms with Gasteiger partial charge in [-0.2, -0.15) is 0 Å². The fraction of sp³-hybridized carbons (Fsp3) is 0.320. The lowest BCUT2D eigenvalue weighted by molar-refractivity contribution is -0.113. The smallest absolute Gasteiger partial charge is 0.187 e. The second-order valence-corrected chi connectivity index (χ2v) is 7.19. The fourth-order valence-electron chi connectivity index (χ4n) is 3.61. The number of hydrogen-bond donors (Lipinski definition) is 0. The number of ether oxygens (including phenoxy) is 4. The molecular weight excluding hydrogens is 394 g/mol. The van der Waals surface area contributed by atoms with Gasteiger partial charge in [0, 0.05) is 35.4 Å². The Hall–Kier alpha value is -3.25. The summed E-state index contributed by atoms with van der Waals surface area (Å²) in [7, 11) is 6.47. The zero-order valence-electron chi connectivity index (χ0n) is 18.7. The predicted molar refractivity (Wildman–Crippen MR) is 122 cm³/mol. The number of rotatable bonds is 7. The monoisotopic (exact) mass is 423 g/mol. The number of likely N-dealkylation sites (tertiary alicyclic amines) is 1. The number of Topliss-reactive ketones (excluding diaryl/α,β-unsaturated/α-hetero) is 1. The van der Waals surface area contributed by atoms with Crippen molar-refractivity contribution in [2.24, 2.45) is 0 Å². The van der Waals surface area contributed by atoms with Crippen LogP contribution in [-0.4, -0.2) is 58.8 Å². The SMILES string of the molecule is CCN1C/C(=C\c2cc(OC)ccc2OC)C(=O)/C(=C/c2cc(OC)ccc2OC)C1. The minimum absolute atomic E-state index is 0.0134. The third kappa shape index (κ3) is 5.09. The van der Waals surface area contributed by atoms with Gasteiger partial charge in [-0.15, -0.1) is 0 Å². The molecule has 0 aromatic heterocycles. The molecular formula is C25H29NO5. The average molecular weight is 424 g/mol. The number of carbonyl (C=O) groups is 1. The topological polar surface area (TPSA) is 57.2 Å². The van der Waals surface area contributed by atoms with Gasteiger partial charge in [0.25, 0.3) is 0 Å². The summed E-state index contributed by atoms with van der Waals surface area (Å²) in [4.78, 5) is 15.6. The molecule has 0 spiro atoms. The number of nitrogens with zero attached hydrogens (tertiary/aromatic N) is 1. The van der Waals surface area contributed by atoms with E-state index in [-0.39, 0.29) is 5.78 Å². The number of methoxy groups -OCH3 is 4. The fourth-order valence-corrected chi connectivity index (χ4v) is 3.61. The van der Waals surface area contributed by atoms with Crippen molar-refractivity contribution in [1.29, 1.82) is 0 Å². The van der Waals surface area contributed by atoms with Crippen LogP contribution in [0.25, 0.3) is 12.2 Å². The molecule has 164 valence electrons. The van der Waals surface area contributed by atoms with Gasteiger partial charge in [-0.1, -0.05) is 6.92 Å². The largest absolute Gasteiger partial charge is 0.497 e. The Morgan fingerprint density at radius 1 is 0.774 bits per heavy atom. The summed E-state index contributed by atoms with van der Waals surface area (Å²) in [6.45, 7) is 4.06. The summed E-state index contributed by atoms with van der Waals surface area (Å²) in [5, 5.41) is 0. The van der Waals surface area contributed by atoms with E-state index in [9.17, 15) is 4.79 Å². The van der Waals surface area contributed by atoms with Crippen LogP contribution in [0.2, 0.25) is 0 Å². The molecule has 6 heteroatoms. The maximum Gasteiger partial charge on any atom is 0.187 e. The Kier molecular flexibility index (Phi) is 7.36. The molecule has 0 aliphatic carbocycles. The zero-order valence-corrected chi connectivity index (χ0v) is 18.7. The van der Waals surface area contributed by atoms with Crippen LogP contribution in [-0.2, 0) is 4.79 Å². The zero-order chi connectivity index (χ0) is 22.4. The van der Waals surface area contributed by atoms with E-state index in [1.807, 2.05) is 48.6 Å². The van der Waals surface area contributed by atoms with Crippen molar-refractivity contribution >= 4 is 17.9 Å². The lowest BCUT2D eigenvalue weighted by Crippen LogP contribution is -2.37. The van der Waals surface area contributed by atoms with Crippen molar-refractivity contribution in [3.8, 4) is 23.0 Å². The Morgan fingerprint density at radius 2 is 1.23 bits per heavy atom. The van der Waals surface area contributed by atoms with Crippen LogP contribution >= 0.6 is 0 Å². The first-order valence-electron chi connectivity index (χ1n) is 10.1. The lowest BCUT2D eigenvalue weighted by atomic mass is 9.94. The van der Waals surface area contributed by atoms with Crippen LogP contribution in [0.5, 0.6) is 23.0 Å². The molecule has 2 aromatic carbocycles. The highest BCUT2D eigenvalue weighted by molar-refractivity contribution is 6.14. The predicted octanol–water partition coefficient (Wildman–Crippen LogP) is 4.09. The van der Waals surface area contributed by atoms with E-state index in [0.717, 1.165) is 17.7 Å². The Morgan fingerprint density at radius 3 is 1.58 bits per heavy atom. The van der Waals surface area contributed by atoms with Gasteiger partial charge in [-0.25, -0.2) is 0 Å². The Labute approximate surface area is 183 Å². The van der Waals surface area contributed by atoms with Gasteiger partial charge in [-0.3, -0.25) is 9.69 Å². The minimum Gasteiger partial charge on any atom is -0.497 e. The summed E-state index contributed by atoms with van der Waals surface area (Å²) in [5.41, 5.74) is 3.02. The molecule has 0 saturated carbocycles. The van der Waals surface area contributed by atoms with Gasteiger partial charge >= 0.3 is 0 Å². The van der Waals surface area contributed by atoms with Crippen LogP contribution in [0.15, 0.2) is 47.5 Å². The van der Waals surface area contributed by atoms with Gasteiger partial charge < -0.3 is 18.9 Å². The second kappa shape index (κ2) is 10.2. The first-order valence-corrected chi connectivity index (χ1v) is 10.1. The Balaban J connectivity index is 2.05. The van der Waals surface area contributed by atoms with Crippen molar-refractivity contribution in [2.75, 3.05) is 48.1 Å². The first kappa shape index (κ1) is 22.4. The highest BCUT2D eigenvalue weighted by atomic mass is 16.5. The summed E-state index contributed by atoms with van der Waals surface area (Å²) < 4.78 is 21.7. The molecule has 1 aliphatic rings. The molecule has 31 heavy (non-hydrogen) atoms. The highest BCUT2D eigenvalue weighted by Crippen LogP contribution is 2.31. The van der Waals surface area contributed by atoms with Gasteiger partial charge in [0.15, 0.2) is 5.78 Å². The molecule has 1 saturated heterocycles. The summed E-state index contributed by atoms with van der Waals surface area (Å²) in [6.07, 6.45) is 3.78. The van der Waals surface area contributed by atoms with Crippen molar-refractivity contribution < 1.29 is 23.7 Å². The summed E-state index contributed by atoms with van der Waals surface area (Å²) >= 11 is 0. The Bertz CT molecular complexity index is 931. The third-order valence-electron chi connectivity index (χ3n) is 5.35. The van der Waals surface area contributed by atoms with Crippen LogP contribution in [0.1, 0.15) is 18.1 Å². The summed E-state index contributed by atoms with van der Waals surface area (Å²) in [5.74, 6) is 2.81. The molecule has 6 nitrogen and oxygen atoms in total. The average Bonchev–Trinajstić information content (AvgIpc) is 2.81. The molecule has 2 aromatic rings. The molecule has 0 bridgehead atoms. The molecule has 1 fully saturated rings. The lowest BCUT2D eigenvalue weighted by Gasteiger charge is -2.29. The molecule has 0 radical (unpaired) electrons. The van der Waals surface area contributed by atoms with Gasteiger partial charge in [0.1, 0.15) is 23.0 Å². The number of carbonyl (C=O) groups excluding carboxylic acids is 1. The highest BCUT2D eigenvalue weighted by Gasteiger charge is 2.26. The minimum atomic E-state index is 0.0134. The molecule has 1 heterocycles. The van der Waals surface area contributed by atoms with E-state index in [2.05, 4.69) is 11.8 Å². The van der Waals surface area contributed by atoms with Crippen LogP contribution in [0, 0.1) is 0 Å². The summed E-state index contributed by atoms with van der Waals surface area (Å²) in [6, 6.07) is 11.1. The molecule has 0 unspecified atom stereocenters. The van der Waals surface area contributed by atoms with Crippen molar-refractivity contribution in [2.45, 2.75) is 6.92 Å². The van der Waals surface area contributed by atoms with Crippen molar-refractivity contribution in [1.82, 2.24) is 4.90 Å². The quantitative estimate of drug-likeness (QED) is 0.625. The number of likely N-dealkylation sites (N-methyl/N-ethyl adjacent to an activating group) is 1. The van der Waals surface area contributed by atoms with Gasteiger partial charge in [0.05, 0.1) is 28.4 Å². The van der Waals surface area contributed by atoms with E-state index in [1.54, 1.807) is 28.4 Å². The van der Waals surface area contributed by atoms with E-state index in [1.165, 1.54) is 0 Å². The van der Waals surface area contributed by atoms with E-state index in [4.69, 9.17) is 18.9 Å². The number of ketones is 1. The third-order valence-corrected chi connectivity index (χ3v) is 5.35. The van der Waals surface area contributed by atoms with E-state index in [0.29, 0.717) is 47.2 Å². The van der Waals surface area contributed by atoms with Crippen LogP contribution < -0.4 is 18.9 Å². The number of piperidine rings is 1. The van der Waals surface area contributed by atoms with Gasteiger partial charge in [-0.05, 0) is 55.1 Å². The molecule has 3 rings (SSSR count). The van der Waals surface area contributed by atoms with E-state index < -0.39 is 0 Å². The molecule has 0 amide bonds. The molecule has 0 N–H and O–H groups in total. The van der Waals surface area contributed by atoms with Gasteiger partial charge in [0.2, 0.25) is 0 Å². The standard InChI is InChI=1S/C25H29NO5/c1-6-26-15-19(11-17-13-21(28-2)7-9-23(17)30-4)25(27)20(16-26)12-18-14-22(29-3)8-10-24(18)31-5/h7-14H,6,15-16H2,1-5H3/b19-11+,20-12+. The molecule has 0 atom stereocenters. The number of hydrogen-bond acceptors (Lipinski definition) is 6. The molecule has 1 aliphatic heterocycles. The maximum absolute atomic E-state index is 13.4. The number of benzene rings is 2. The van der Waals surface area contributed by atoms with Crippen LogP contribution in [0.3, 0.4) is 0 Å². The maximum atomic E-state index is 13.4. The van der Waals surface area contributed by atoms with Crippen molar-refractivity contribution in [3.05, 3.63) is 58.7 Å². The van der Waals surface area contributed by atoms with Crippen molar-refractivity contribution in [3.63, 3.8) is 0 Å². The second-order valence-electron chi connectivity index (χ2n) is 7.19. The normalized spacial score (nSPS) is 17.1.